The number of hydrogen-bond donors (Lipinski definition) is 0. The Labute approximate surface area is 211 Å². The van der Waals surface area contributed by atoms with E-state index in [0.29, 0.717) is 24.5 Å². The second-order valence-electron chi connectivity index (χ2n) is 11.1. The molecular weight excluding hydrogens is 434 g/mol. The predicted molar refractivity (Wildman–Crippen MR) is 141 cm³/mol. The Balaban J connectivity index is 1.23. The first-order valence-corrected chi connectivity index (χ1v) is 13.5. The Hall–Kier alpha value is -2.37. The van der Waals surface area contributed by atoms with Crippen LogP contribution in [0.15, 0.2) is 48.5 Å². The summed E-state index contributed by atoms with van der Waals surface area (Å²) in [6.45, 7) is 5.29. The van der Waals surface area contributed by atoms with Gasteiger partial charge in [-0.3, -0.25) is 4.79 Å². The molecule has 2 aromatic rings. The monoisotopic (exact) mass is 475 g/mol. The van der Waals surface area contributed by atoms with Gasteiger partial charge in [0.1, 0.15) is 5.75 Å². The fourth-order valence-corrected chi connectivity index (χ4v) is 6.19. The van der Waals surface area contributed by atoms with Crippen LogP contribution in [0.1, 0.15) is 36.0 Å². The normalized spacial score (nSPS) is 24.7. The molecule has 1 unspecified atom stereocenters. The van der Waals surface area contributed by atoms with Gasteiger partial charge in [-0.05, 0) is 81.4 Å². The van der Waals surface area contributed by atoms with E-state index in [9.17, 15) is 4.79 Å². The lowest BCUT2D eigenvalue weighted by molar-refractivity contribution is -0.137. The number of likely N-dealkylation sites (N-methyl/N-ethyl adjacent to an activating group) is 1. The number of carbonyl (C=O) groups excluding carboxylic acids is 1. The summed E-state index contributed by atoms with van der Waals surface area (Å²) < 4.78 is 6.33. The number of ether oxygens (including phenoxy) is 1. The number of carbonyl (C=O) groups is 1. The molecule has 1 amide bonds. The van der Waals surface area contributed by atoms with Gasteiger partial charge in [-0.2, -0.15) is 0 Å². The Morgan fingerprint density at radius 2 is 1.86 bits per heavy atom. The van der Waals surface area contributed by atoms with Gasteiger partial charge in [0.15, 0.2) is 0 Å². The summed E-state index contributed by atoms with van der Waals surface area (Å²) >= 11 is 0. The van der Waals surface area contributed by atoms with E-state index in [2.05, 4.69) is 77.3 Å². The van der Waals surface area contributed by atoms with Crippen LogP contribution in [0, 0.1) is 11.8 Å². The Kier molecular flexibility index (Phi) is 7.74. The van der Waals surface area contributed by atoms with Crippen molar-refractivity contribution in [2.75, 3.05) is 53.4 Å². The smallest absolute Gasteiger partial charge is 0.227 e. The van der Waals surface area contributed by atoms with Crippen LogP contribution in [-0.2, 0) is 24.1 Å². The molecule has 3 atom stereocenters. The van der Waals surface area contributed by atoms with E-state index in [1.807, 2.05) is 0 Å². The van der Waals surface area contributed by atoms with Gasteiger partial charge in [0.2, 0.25) is 5.91 Å². The lowest BCUT2D eigenvalue weighted by Crippen LogP contribution is -2.49. The van der Waals surface area contributed by atoms with Gasteiger partial charge in [-0.1, -0.05) is 36.4 Å². The fourth-order valence-electron chi connectivity index (χ4n) is 6.19. The van der Waals surface area contributed by atoms with E-state index in [1.165, 1.54) is 36.0 Å². The average Bonchev–Trinajstić information content (AvgIpc) is 3.56. The summed E-state index contributed by atoms with van der Waals surface area (Å²) in [5.74, 6) is 1.77. The van der Waals surface area contributed by atoms with Gasteiger partial charge in [0.25, 0.3) is 0 Å². The van der Waals surface area contributed by atoms with Crippen molar-refractivity contribution < 1.29 is 9.53 Å². The fraction of sp³-hybridized carbons (Fsp3) is 0.567. The highest BCUT2D eigenvalue weighted by Crippen LogP contribution is 2.29. The van der Waals surface area contributed by atoms with E-state index < -0.39 is 0 Å². The zero-order chi connectivity index (χ0) is 24.2. The van der Waals surface area contributed by atoms with E-state index in [1.54, 1.807) is 0 Å². The zero-order valence-corrected chi connectivity index (χ0v) is 21.5. The molecule has 2 fully saturated rings. The molecule has 188 valence electrons. The van der Waals surface area contributed by atoms with Crippen LogP contribution >= 0.6 is 0 Å². The van der Waals surface area contributed by atoms with Crippen molar-refractivity contribution >= 4 is 5.91 Å². The molecule has 2 aliphatic heterocycles. The summed E-state index contributed by atoms with van der Waals surface area (Å²) in [6, 6.07) is 17.8. The molecule has 0 bridgehead atoms. The highest BCUT2D eigenvalue weighted by molar-refractivity contribution is 5.79. The van der Waals surface area contributed by atoms with Crippen molar-refractivity contribution in [1.82, 2.24) is 14.7 Å². The van der Waals surface area contributed by atoms with E-state index in [0.717, 1.165) is 57.7 Å². The number of nitrogens with zero attached hydrogens (tertiary/aromatic N) is 3. The second-order valence-corrected chi connectivity index (χ2v) is 11.1. The third-order valence-electron chi connectivity index (χ3n) is 8.28. The number of likely N-dealkylation sites (tertiary alicyclic amines) is 2. The molecule has 1 aliphatic carbocycles. The van der Waals surface area contributed by atoms with Crippen LogP contribution in [0.25, 0.3) is 0 Å². The van der Waals surface area contributed by atoms with E-state index >= 15 is 0 Å². The molecule has 5 nitrogen and oxygen atoms in total. The van der Waals surface area contributed by atoms with Crippen molar-refractivity contribution in [3.63, 3.8) is 0 Å². The third-order valence-corrected chi connectivity index (χ3v) is 8.28. The highest BCUT2D eigenvalue weighted by atomic mass is 16.5. The van der Waals surface area contributed by atoms with Crippen molar-refractivity contribution in [2.45, 2.75) is 44.6 Å². The van der Waals surface area contributed by atoms with E-state index in [-0.39, 0.29) is 5.92 Å². The Morgan fingerprint density at radius 3 is 2.66 bits per heavy atom. The number of piperidine rings is 1. The summed E-state index contributed by atoms with van der Waals surface area (Å²) in [5, 5.41) is 0. The molecule has 35 heavy (non-hydrogen) atoms. The molecule has 3 aliphatic rings. The van der Waals surface area contributed by atoms with Crippen LogP contribution in [0.5, 0.6) is 5.75 Å². The van der Waals surface area contributed by atoms with Gasteiger partial charge in [-0.15, -0.1) is 0 Å². The maximum Gasteiger partial charge on any atom is 0.227 e. The first-order chi connectivity index (χ1) is 17.0. The second kappa shape index (κ2) is 11.1. The molecular formula is C30H41N3O2. The van der Waals surface area contributed by atoms with Crippen LogP contribution in [-0.4, -0.2) is 80.1 Å². The predicted octanol–water partition coefficient (Wildman–Crippen LogP) is 3.90. The van der Waals surface area contributed by atoms with Gasteiger partial charge < -0.3 is 19.4 Å². The number of benzene rings is 2. The number of fused-ring (bicyclic) bond motifs is 1. The van der Waals surface area contributed by atoms with Gasteiger partial charge in [0, 0.05) is 44.7 Å². The topological polar surface area (TPSA) is 36.0 Å². The Bertz CT molecular complexity index is 992. The summed E-state index contributed by atoms with van der Waals surface area (Å²) in [6.07, 6.45) is 6.65. The maximum atomic E-state index is 13.6. The number of amides is 1. The zero-order valence-electron chi connectivity index (χ0n) is 21.5. The van der Waals surface area contributed by atoms with Crippen molar-refractivity contribution in [3.05, 3.63) is 65.2 Å². The number of aryl methyl sites for hydroxylation is 2. The van der Waals surface area contributed by atoms with Crippen molar-refractivity contribution in [2.24, 2.45) is 11.8 Å². The first kappa shape index (κ1) is 24.3. The minimum atomic E-state index is 0.0639. The van der Waals surface area contributed by atoms with Crippen LogP contribution in [0.2, 0.25) is 0 Å². The lowest BCUT2D eigenvalue weighted by atomic mass is 9.88. The largest absolute Gasteiger partial charge is 0.493 e. The Morgan fingerprint density at radius 1 is 1.03 bits per heavy atom. The maximum absolute atomic E-state index is 13.6. The van der Waals surface area contributed by atoms with E-state index in [4.69, 9.17) is 4.74 Å². The first-order valence-electron chi connectivity index (χ1n) is 13.5. The lowest BCUT2D eigenvalue weighted by Gasteiger charge is -2.38. The van der Waals surface area contributed by atoms with Gasteiger partial charge >= 0.3 is 0 Å². The van der Waals surface area contributed by atoms with Gasteiger partial charge in [0.05, 0.1) is 12.5 Å². The highest BCUT2D eigenvalue weighted by Gasteiger charge is 2.37. The quantitative estimate of drug-likeness (QED) is 0.580. The summed E-state index contributed by atoms with van der Waals surface area (Å²) in [4.78, 5) is 20.5. The molecule has 0 spiro atoms. The summed E-state index contributed by atoms with van der Waals surface area (Å²) in [5.41, 5.74) is 4.29. The van der Waals surface area contributed by atoms with Gasteiger partial charge in [-0.25, -0.2) is 0 Å². The molecule has 0 radical (unpaired) electrons. The molecule has 0 aromatic heterocycles. The van der Waals surface area contributed by atoms with Crippen LogP contribution in [0.4, 0.5) is 0 Å². The standard InChI is InChI=1S/C30H41N3O2/c1-31(2)28-14-16-33(21-28)30(34)27-17-24(19-32(20-27)15-13-23-7-4-3-5-8-23)22-35-29-12-11-25-9-6-10-26(25)18-29/h3-5,7-8,11-12,18,24,27-28H,6,9-10,13-17,19-22H2,1-2H3/t24-,27+,28?/m0/s1. The molecule has 5 heteroatoms. The molecule has 2 heterocycles. The number of hydrogen-bond acceptors (Lipinski definition) is 4. The average molecular weight is 476 g/mol. The molecule has 0 saturated carbocycles. The third kappa shape index (κ3) is 6.07. The SMILES string of the molecule is CN(C)C1CCN(C(=O)[C@@H]2C[C@H](COc3ccc4c(c3)CCC4)CN(CCc3ccccc3)C2)C1. The van der Waals surface area contributed by atoms with Crippen LogP contribution < -0.4 is 4.74 Å². The minimum absolute atomic E-state index is 0.0639. The molecule has 2 saturated heterocycles. The number of rotatable bonds is 8. The van der Waals surface area contributed by atoms with Crippen LogP contribution in [0.3, 0.4) is 0 Å². The summed E-state index contributed by atoms with van der Waals surface area (Å²) in [7, 11) is 4.24. The molecule has 5 rings (SSSR count). The molecule has 2 aromatic carbocycles. The minimum Gasteiger partial charge on any atom is -0.493 e. The van der Waals surface area contributed by atoms with Crippen molar-refractivity contribution in [3.8, 4) is 5.75 Å². The van der Waals surface area contributed by atoms with Crippen molar-refractivity contribution in [1.29, 1.82) is 0 Å². The molecule has 0 N–H and O–H groups in total.